The van der Waals surface area contributed by atoms with Crippen molar-refractivity contribution in [1.82, 2.24) is 9.80 Å². The summed E-state index contributed by atoms with van der Waals surface area (Å²) in [6.07, 6.45) is 9.65. The molecule has 0 amide bonds. The van der Waals surface area contributed by atoms with Crippen molar-refractivity contribution in [3.8, 4) is 0 Å². The Morgan fingerprint density at radius 2 is 1.02 bits per heavy atom. The van der Waals surface area contributed by atoms with E-state index >= 15 is 0 Å². The molecule has 0 aromatic carbocycles. The number of nitrogens with two attached hydrogens (primary N) is 2. The molecule has 0 aromatic rings. The molecule has 0 heterocycles. The van der Waals surface area contributed by atoms with Crippen LogP contribution in [0.15, 0.2) is 10.3 Å². The average Bonchev–Trinajstić information content (AvgIpc) is 3.60. The molecule has 4 aliphatic rings. The van der Waals surface area contributed by atoms with E-state index in [1.807, 2.05) is 28.2 Å². The summed E-state index contributed by atoms with van der Waals surface area (Å²) >= 11 is 0. The van der Waals surface area contributed by atoms with Gasteiger partial charge in [0.05, 0.1) is 51.8 Å². The minimum atomic E-state index is -0.988. The van der Waals surface area contributed by atoms with E-state index in [2.05, 4.69) is 34.0 Å². The third-order valence-electron chi connectivity index (χ3n) is 12.8. The van der Waals surface area contributed by atoms with Crippen LogP contribution in [0.3, 0.4) is 0 Å². The molecule has 0 unspecified atom stereocenters. The molecule has 4 aliphatic carbocycles. The number of esters is 2. The maximum absolute atomic E-state index is 14.1. The zero-order valence-electron chi connectivity index (χ0n) is 35.0. The second kappa shape index (κ2) is 22.1. The van der Waals surface area contributed by atoms with Crippen molar-refractivity contribution in [1.29, 1.82) is 0 Å². The molecule has 4 saturated carbocycles. The number of ether oxygens (including phenoxy) is 6. The minimum absolute atomic E-state index is 0.0409. The van der Waals surface area contributed by atoms with Gasteiger partial charge >= 0.3 is 11.9 Å². The average molecular weight is 797 g/mol. The largest absolute Gasteiger partial charge is 0.450 e. The van der Waals surface area contributed by atoms with Gasteiger partial charge in [-0.1, -0.05) is 24.2 Å². The predicted molar refractivity (Wildman–Crippen MR) is 212 cm³/mol. The normalized spacial score (nSPS) is 33.0. The number of nitrogens with zero attached hydrogens (tertiary/aromatic N) is 4. The summed E-state index contributed by atoms with van der Waals surface area (Å²) in [6.45, 7) is 10.2. The van der Waals surface area contributed by atoms with Crippen LogP contribution in [0.1, 0.15) is 78.1 Å². The molecule has 16 nitrogen and oxygen atoms in total. The number of hydrogen-bond donors (Lipinski definition) is 2. The zero-order valence-corrected chi connectivity index (χ0v) is 35.0. The van der Waals surface area contributed by atoms with E-state index < -0.39 is 34.0 Å². The van der Waals surface area contributed by atoms with Crippen molar-refractivity contribution in [2.75, 3.05) is 107 Å². The molecule has 0 saturated heterocycles. The van der Waals surface area contributed by atoms with Crippen molar-refractivity contribution in [2.45, 2.75) is 101 Å². The second-order valence-corrected chi connectivity index (χ2v) is 16.9. The van der Waals surface area contributed by atoms with Crippen LogP contribution in [-0.2, 0) is 47.7 Å². The Morgan fingerprint density at radius 1 is 0.607 bits per heavy atom. The molecule has 56 heavy (non-hydrogen) atoms. The lowest BCUT2D eigenvalue weighted by molar-refractivity contribution is -0.215. The molecule has 0 radical (unpaired) electrons. The highest BCUT2D eigenvalue weighted by Crippen LogP contribution is 2.61. The summed E-state index contributed by atoms with van der Waals surface area (Å²) in [5.74, 6) is -2.06. The Hall–Kier alpha value is -2.44. The fourth-order valence-corrected chi connectivity index (χ4v) is 9.33. The number of likely N-dealkylation sites (N-methyl/N-ethyl adjacent to an activating group) is 2. The first-order chi connectivity index (χ1) is 26.8. The van der Waals surface area contributed by atoms with Gasteiger partial charge in [0.15, 0.2) is 0 Å². The van der Waals surface area contributed by atoms with Gasteiger partial charge < -0.3 is 59.4 Å². The molecule has 0 aliphatic heterocycles. The Bertz CT molecular complexity index is 1180. The number of fused-ring (bicyclic) bond motifs is 2. The second-order valence-electron chi connectivity index (χ2n) is 16.9. The van der Waals surface area contributed by atoms with Crippen LogP contribution in [0, 0.1) is 22.7 Å². The summed E-state index contributed by atoms with van der Waals surface area (Å²) in [5, 5.41) is 8.41. The predicted octanol–water partition coefficient (Wildman–Crippen LogP) is 2.60. The SMILES string of the molecule is CN(C)CCOCCO[C@H]1CC[C@]2(C)[C@@H](C=NOCCN)CC[C@]2(OC(=O)C(=O)O[C@]23CC[C@H](C=NOCCN)[C@@]2(C)CC[C@H](OCCOCCN(C)C)C3)C1. The fourth-order valence-electron chi connectivity index (χ4n) is 9.33. The standard InChI is InChI=1S/C40H72N6O10/c1-37-11-9-33(51-25-23-49-21-17-45(3)4)27-39(37,13-7-31(37)29-43-53-19-15-41)55-35(47)36(48)56-40-14-8-32(30-44-54-20-16-42)38(40,2)12-10-34(28-40)52-26-24-50-22-18-46(5)6/h29-34H,7-28,41-42H2,1-6H3/t31-,32-,33+,34+,37-,38-,39+,40+/m1/s1. The quantitative estimate of drug-likeness (QED) is 0.0477. The van der Waals surface area contributed by atoms with E-state index in [0.717, 1.165) is 25.9 Å². The number of carbonyl (C=O) groups excluding carboxylic acids is 2. The van der Waals surface area contributed by atoms with Crippen LogP contribution in [0.4, 0.5) is 0 Å². The minimum Gasteiger partial charge on any atom is -0.450 e. The van der Waals surface area contributed by atoms with E-state index in [4.69, 9.17) is 49.6 Å². The highest BCUT2D eigenvalue weighted by Gasteiger charge is 2.65. The van der Waals surface area contributed by atoms with Crippen LogP contribution in [0.25, 0.3) is 0 Å². The summed E-state index contributed by atoms with van der Waals surface area (Å²) in [5.41, 5.74) is 8.23. The van der Waals surface area contributed by atoms with Crippen molar-refractivity contribution in [3.05, 3.63) is 0 Å². The summed E-state index contributed by atoms with van der Waals surface area (Å²) in [6, 6.07) is 0. The maximum atomic E-state index is 14.1. The number of rotatable bonds is 24. The first-order valence-corrected chi connectivity index (χ1v) is 20.7. The highest BCUT2D eigenvalue weighted by molar-refractivity contribution is 6.30. The molecule has 4 fully saturated rings. The molecule has 0 aromatic heterocycles. The molecular weight excluding hydrogens is 724 g/mol. The Morgan fingerprint density at radius 3 is 1.39 bits per heavy atom. The van der Waals surface area contributed by atoms with E-state index in [1.54, 1.807) is 12.4 Å². The van der Waals surface area contributed by atoms with Gasteiger partial charge in [0.25, 0.3) is 0 Å². The zero-order chi connectivity index (χ0) is 40.7. The Labute approximate surface area is 334 Å². The maximum Gasteiger partial charge on any atom is 0.418 e. The van der Waals surface area contributed by atoms with Crippen molar-refractivity contribution >= 4 is 24.4 Å². The molecule has 0 spiro atoms. The molecule has 322 valence electrons. The number of oxime groups is 2. The van der Waals surface area contributed by atoms with Gasteiger partial charge in [0.2, 0.25) is 0 Å². The lowest BCUT2D eigenvalue weighted by atomic mass is 9.62. The smallest absolute Gasteiger partial charge is 0.418 e. The molecule has 16 heteroatoms. The van der Waals surface area contributed by atoms with Gasteiger partial charge in [0.1, 0.15) is 24.4 Å². The van der Waals surface area contributed by atoms with Crippen molar-refractivity contribution < 1.29 is 47.7 Å². The third kappa shape index (κ3) is 11.8. The lowest BCUT2D eigenvalue weighted by Crippen LogP contribution is -2.57. The molecular formula is C40H72N6O10. The van der Waals surface area contributed by atoms with E-state index in [0.29, 0.717) is 117 Å². The van der Waals surface area contributed by atoms with Crippen LogP contribution in [0.2, 0.25) is 0 Å². The summed E-state index contributed by atoms with van der Waals surface area (Å²) in [7, 11) is 8.02. The first-order valence-electron chi connectivity index (χ1n) is 20.7. The van der Waals surface area contributed by atoms with Crippen LogP contribution < -0.4 is 11.5 Å². The first kappa shape index (κ1) is 46.3. The van der Waals surface area contributed by atoms with Crippen LogP contribution in [-0.4, -0.2) is 165 Å². The van der Waals surface area contributed by atoms with E-state index in [9.17, 15) is 9.59 Å². The molecule has 0 bridgehead atoms. The fraction of sp³-hybridized carbons (Fsp3) is 0.900. The Balaban J connectivity index is 1.49. The van der Waals surface area contributed by atoms with Gasteiger partial charge in [-0.3, -0.25) is 0 Å². The Kier molecular flexibility index (Phi) is 18.2. The van der Waals surface area contributed by atoms with Gasteiger partial charge in [0, 0.05) is 74.1 Å². The summed E-state index contributed by atoms with van der Waals surface area (Å²) in [4.78, 5) is 43.1. The van der Waals surface area contributed by atoms with Gasteiger partial charge in [-0.05, 0) is 79.6 Å². The topological polar surface area (TPSA) is 191 Å². The van der Waals surface area contributed by atoms with Crippen LogP contribution >= 0.6 is 0 Å². The van der Waals surface area contributed by atoms with Crippen LogP contribution in [0.5, 0.6) is 0 Å². The van der Waals surface area contributed by atoms with Gasteiger partial charge in [-0.25, -0.2) is 9.59 Å². The number of hydrogen-bond acceptors (Lipinski definition) is 16. The molecule has 8 atom stereocenters. The summed E-state index contributed by atoms with van der Waals surface area (Å²) < 4.78 is 37.0. The number of carbonyl (C=O) groups is 2. The monoisotopic (exact) mass is 797 g/mol. The van der Waals surface area contributed by atoms with Gasteiger partial charge in [-0.2, -0.15) is 0 Å². The molecule has 4 N–H and O–H groups in total. The lowest BCUT2D eigenvalue weighted by Gasteiger charge is -2.51. The molecule has 4 rings (SSSR count). The van der Waals surface area contributed by atoms with E-state index in [-0.39, 0.29) is 24.0 Å². The van der Waals surface area contributed by atoms with Gasteiger partial charge in [-0.15, -0.1) is 0 Å². The van der Waals surface area contributed by atoms with Crippen molar-refractivity contribution in [2.24, 2.45) is 44.4 Å². The van der Waals surface area contributed by atoms with E-state index in [1.165, 1.54) is 0 Å². The third-order valence-corrected chi connectivity index (χ3v) is 12.8. The highest BCUT2D eigenvalue weighted by atomic mass is 16.6. The van der Waals surface area contributed by atoms with Crippen molar-refractivity contribution in [3.63, 3.8) is 0 Å².